The molecule has 1 fully saturated rings. The zero-order chi connectivity index (χ0) is 19.2. The number of nitro groups is 1. The Labute approximate surface area is 156 Å². The first kappa shape index (κ1) is 18.8. The minimum atomic E-state index is -0.504. The van der Waals surface area contributed by atoms with Gasteiger partial charge in [-0.3, -0.25) is 19.8 Å². The molecule has 2 aromatic rings. The largest absolute Gasteiger partial charge is 0.492 e. The molecule has 3 rings (SSSR count). The number of non-ortho nitro benzene ring substituents is 1. The molecule has 0 bridgehead atoms. The number of carbonyl (C=O) groups excluding carboxylic acids is 1. The highest BCUT2D eigenvalue weighted by molar-refractivity contribution is 5.94. The molecular weight excluding hydrogens is 353 g/mol. The molecule has 8 heteroatoms. The van der Waals surface area contributed by atoms with E-state index >= 15 is 0 Å². The van der Waals surface area contributed by atoms with Gasteiger partial charge < -0.3 is 9.64 Å². The van der Waals surface area contributed by atoms with E-state index in [4.69, 9.17) is 4.74 Å². The van der Waals surface area contributed by atoms with Gasteiger partial charge in [0.05, 0.1) is 16.6 Å². The Hall–Kier alpha value is -3.00. The molecule has 0 aromatic heterocycles. The summed E-state index contributed by atoms with van der Waals surface area (Å²) in [4.78, 5) is 26.5. The number of carbonyl (C=O) groups is 1. The Balaban J connectivity index is 1.45. The Bertz CT molecular complexity index is 822. The standard InChI is InChI=1S/C19H20FN3O4/c20-18-7-2-1-6-17(18)19(24)22-10-8-21(9-11-22)12-13-27-16-5-3-4-15(14-16)23(25)26/h1-7,14H,8-13H2. The van der Waals surface area contributed by atoms with Crippen LogP contribution in [-0.4, -0.2) is 60.0 Å². The molecule has 0 aliphatic carbocycles. The number of benzene rings is 2. The fraction of sp³-hybridized carbons (Fsp3) is 0.316. The van der Waals surface area contributed by atoms with Crippen LogP contribution in [0.2, 0.25) is 0 Å². The lowest BCUT2D eigenvalue weighted by molar-refractivity contribution is -0.384. The second kappa shape index (κ2) is 8.59. The van der Waals surface area contributed by atoms with Crippen LogP contribution < -0.4 is 4.74 Å². The summed E-state index contributed by atoms with van der Waals surface area (Å²) >= 11 is 0. The summed E-state index contributed by atoms with van der Waals surface area (Å²) in [6.45, 7) is 3.40. The lowest BCUT2D eigenvalue weighted by atomic mass is 10.1. The van der Waals surface area contributed by atoms with Gasteiger partial charge in [-0.1, -0.05) is 18.2 Å². The van der Waals surface area contributed by atoms with Gasteiger partial charge in [0, 0.05) is 38.8 Å². The van der Waals surface area contributed by atoms with Gasteiger partial charge in [0.1, 0.15) is 18.2 Å². The van der Waals surface area contributed by atoms with E-state index in [0.717, 1.165) is 0 Å². The molecule has 27 heavy (non-hydrogen) atoms. The van der Waals surface area contributed by atoms with E-state index in [0.29, 0.717) is 45.1 Å². The molecule has 0 atom stereocenters. The predicted octanol–water partition coefficient (Wildman–Crippen LogP) is 2.57. The summed E-state index contributed by atoms with van der Waals surface area (Å²) in [6, 6.07) is 12.1. The van der Waals surface area contributed by atoms with Crippen LogP contribution in [0.1, 0.15) is 10.4 Å². The van der Waals surface area contributed by atoms with Crippen LogP contribution in [0, 0.1) is 15.9 Å². The molecule has 0 spiro atoms. The van der Waals surface area contributed by atoms with Crippen LogP contribution in [0.5, 0.6) is 5.75 Å². The van der Waals surface area contributed by atoms with Crippen LogP contribution in [0.25, 0.3) is 0 Å². The number of amides is 1. The third-order valence-electron chi connectivity index (χ3n) is 4.47. The van der Waals surface area contributed by atoms with Gasteiger partial charge >= 0.3 is 0 Å². The van der Waals surface area contributed by atoms with Crippen molar-refractivity contribution in [2.75, 3.05) is 39.3 Å². The van der Waals surface area contributed by atoms with Gasteiger partial charge in [-0.15, -0.1) is 0 Å². The van der Waals surface area contributed by atoms with Crippen molar-refractivity contribution in [1.82, 2.24) is 9.80 Å². The van der Waals surface area contributed by atoms with Gasteiger partial charge in [-0.2, -0.15) is 0 Å². The Morgan fingerprint density at radius 1 is 1.11 bits per heavy atom. The average molecular weight is 373 g/mol. The van der Waals surface area contributed by atoms with Crippen molar-refractivity contribution in [3.63, 3.8) is 0 Å². The summed E-state index contributed by atoms with van der Waals surface area (Å²) in [7, 11) is 0. The van der Waals surface area contributed by atoms with Crippen molar-refractivity contribution in [2.24, 2.45) is 0 Å². The summed E-state index contributed by atoms with van der Waals surface area (Å²) in [5.41, 5.74) is 0.0905. The third kappa shape index (κ3) is 4.79. The van der Waals surface area contributed by atoms with Gasteiger partial charge in [0.25, 0.3) is 11.6 Å². The van der Waals surface area contributed by atoms with Crippen molar-refractivity contribution in [2.45, 2.75) is 0 Å². The molecule has 7 nitrogen and oxygen atoms in total. The Morgan fingerprint density at radius 2 is 1.85 bits per heavy atom. The second-order valence-corrected chi connectivity index (χ2v) is 6.22. The summed E-state index contributed by atoms with van der Waals surface area (Å²) < 4.78 is 19.3. The topological polar surface area (TPSA) is 75.9 Å². The van der Waals surface area contributed by atoms with Crippen LogP contribution in [0.4, 0.5) is 10.1 Å². The maximum absolute atomic E-state index is 13.8. The molecule has 142 valence electrons. The zero-order valence-corrected chi connectivity index (χ0v) is 14.7. The van der Waals surface area contributed by atoms with Crippen molar-refractivity contribution < 1.29 is 18.8 Å². The van der Waals surface area contributed by atoms with Crippen molar-refractivity contribution in [3.8, 4) is 5.75 Å². The normalized spacial score (nSPS) is 14.8. The number of piperazine rings is 1. The lowest BCUT2D eigenvalue weighted by Crippen LogP contribution is -2.49. The van der Waals surface area contributed by atoms with Crippen molar-refractivity contribution in [1.29, 1.82) is 0 Å². The van der Waals surface area contributed by atoms with Gasteiger partial charge in [-0.05, 0) is 18.2 Å². The number of halogens is 1. The van der Waals surface area contributed by atoms with E-state index in [1.54, 1.807) is 29.2 Å². The van der Waals surface area contributed by atoms with Crippen LogP contribution in [0.3, 0.4) is 0 Å². The first-order valence-electron chi connectivity index (χ1n) is 8.68. The van der Waals surface area contributed by atoms with Crippen LogP contribution >= 0.6 is 0 Å². The molecule has 1 aliphatic heterocycles. The van der Waals surface area contributed by atoms with E-state index in [1.807, 2.05) is 0 Å². The highest BCUT2D eigenvalue weighted by Crippen LogP contribution is 2.19. The van der Waals surface area contributed by atoms with Crippen molar-refractivity contribution >= 4 is 11.6 Å². The highest BCUT2D eigenvalue weighted by atomic mass is 19.1. The molecule has 2 aromatic carbocycles. The van der Waals surface area contributed by atoms with Crippen LogP contribution in [-0.2, 0) is 0 Å². The zero-order valence-electron chi connectivity index (χ0n) is 14.7. The summed E-state index contributed by atoms with van der Waals surface area (Å²) in [5.74, 6) is -0.339. The highest BCUT2D eigenvalue weighted by Gasteiger charge is 2.23. The minimum absolute atomic E-state index is 0.00669. The first-order chi connectivity index (χ1) is 13.0. The molecular formula is C19H20FN3O4. The van der Waals surface area contributed by atoms with Crippen molar-refractivity contribution in [3.05, 3.63) is 70.0 Å². The van der Waals surface area contributed by atoms with Crippen LogP contribution in [0.15, 0.2) is 48.5 Å². The number of ether oxygens (including phenoxy) is 1. The molecule has 0 unspecified atom stereocenters. The number of hydrogen-bond donors (Lipinski definition) is 0. The van der Waals surface area contributed by atoms with E-state index in [-0.39, 0.29) is 17.2 Å². The first-order valence-corrected chi connectivity index (χ1v) is 8.68. The molecule has 1 amide bonds. The van der Waals surface area contributed by atoms with E-state index < -0.39 is 10.7 Å². The Kier molecular flexibility index (Phi) is 5.97. The van der Waals surface area contributed by atoms with Gasteiger partial charge in [0.15, 0.2) is 0 Å². The van der Waals surface area contributed by atoms with E-state index in [9.17, 15) is 19.3 Å². The molecule has 0 saturated carbocycles. The number of nitro benzene ring substituents is 1. The number of nitrogens with zero attached hydrogens (tertiary/aromatic N) is 3. The van der Waals surface area contributed by atoms with E-state index in [2.05, 4.69) is 4.90 Å². The molecule has 1 saturated heterocycles. The summed E-state index contributed by atoms with van der Waals surface area (Å²) in [5, 5.41) is 10.8. The molecule has 0 radical (unpaired) electrons. The smallest absolute Gasteiger partial charge is 0.273 e. The minimum Gasteiger partial charge on any atom is -0.492 e. The van der Waals surface area contributed by atoms with Gasteiger partial charge in [-0.25, -0.2) is 4.39 Å². The quantitative estimate of drug-likeness (QED) is 0.575. The maximum Gasteiger partial charge on any atom is 0.273 e. The maximum atomic E-state index is 13.8. The molecule has 0 N–H and O–H groups in total. The molecule has 1 aliphatic rings. The second-order valence-electron chi connectivity index (χ2n) is 6.22. The summed E-state index contributed by atoms with van der Waals surface area (Å²) in [6.07, 6.45) is 0. The third-order valence-corrected chi connectivity index (χ3v) is 4.47. The lowest BCUT2D eigenvalue weighted by Gasteiger charge is -2.34. The van der Waals surface area contributed by atoms with E-state index in [1.165, 1.54) is 24.3 Å². The van der Waals surface area contributed by atoms with Gasteiger partial charge in [0.2, 0.25) is 0 Å². The fourth-order valence-corrected chi connectivity index (χ4v) is 2.96. The fourth-order valence-electron chi connectivity index (χ4n) is 2.96. The number of hydrogen-bond acceptors (Lipinski definition) is 5. The average Bonchev–Trinajstić information content (AvgIpc) is 2.68. The predicted molar refractivity (Wildman–Crippen MR) is 97.3 cm³/mol. The monoisotopic (exact) mass is 373 g/mol. The Morgan fingerprint density at radius 3 is 2.56 bits per heavy atom. The number of rotatable bonds is 6. The molecule has 1 heterocycles. The SMILES string of the molecule is O=C(c1ccccc1F)N1CCN(CCOc2cccc([N+](=O)[O-])c2)CC1.